The number of benzene rings is 1. The van der Waals surface area contributed by atoms with Gasteiger partial charge in [-0.3, -0.25) is 0 Å². The Hall–Kier alpha value is -1.13. The number of phenolic OH excluding ortho intramolecular Hbond substituents is 1. The standard InChI is InChI=1S/C9H10ClNO3/c1-4(11)7-8(12)5(10)2-6-9(7)14-3-13-6/h2,4,12H,3,11H2,1H3. The van der Waals surface area contributed by atoms with Gasteiger partial charge in [0.25, 0.3) is 0 Å². The van der Waals surface area contributed by atoms with E-state index in [1.54, 1.807) is 6.92 Å². The average molecular weight is 216 g/mol. The van der Waals surface area contributed by atoms with E-state index in [2.05, 4.69) is 0 Å². The van der Waals surface area contributed by atoms with Gasteiger partial charge in [-0.15, -0.1) is 0 Å². The smallest absolute Gasteiger partial charge is 0.231 e. The maximum atomic E-state index is 9.68. The number of rotatable bonds is 1. The summed E-state index contributed by atoms with van der Waals surface area (Å²) in [6, 6.07) is 1.16. The quantitative estimate of drug-likeness (QED) is 0.750. The van der Waals surface area contributed by atoms with Crippen molar-refractivity contribution in [1.29, 1.82) is 0 Å². The Labute approximate surface area is 86.2 Å². The highest BCUT2D eigenvalue weighted by molar-refractivity contribution is 6.32. The third-order valence-electron chi connectivity index (χ3n) is 2.08. The minimum Gasteiger partial charge on any atom is -0.506 e. The van der Waals surface area contributed by atoms with Crippen LogP contribution in [-0.2, 0) is 0 Å². The van der Waals surface area contributed by atoms with Gasteiger partial charge >= 0.3 is 0 Å². The molecule has 0 spiro atoms. The van der Waals surface area contributed by atoms with Gasteiger partial charge in [-0.05, 0) is 6.92 Å². The summed E-state index contributed by atoms with van der Waals surface area (Å²) in [6.45, 7) is 1.88. The van der Waals surface area contributed by atoms with Crippen molar-refractivity contribution < 1.29 is 14.6 Å². The van der Waals surface area contributed by atoms with Crippen LogP contribution in [0.15, 0.2) is 6.07 Å². The predicted molar refractivity (Wildman–Crippen MR) is 51.8 cm³/mol. The average Bonchev–Trinajstić information content (AvgIpc) is 2.52. The first-order valence-corrected chi connectivity index (χ1v) is 4.55. The first-order chi connectivity index (χ1) is 6.61. The lowest BCUT2D eigenvalue weighted by atomic mass is 10.1. The zero-order valence-electron chi connectivity index (χ0n) is 7.58. The number of nitrogens with two attached hydrogens (primary N) is 1. The third kappa shape index (κ3) is 1.27. The molecule has 5 heteroatoms. The van der Waals surface area contributed by atoms with Gasteiger partial charge in [0.15, 0.2) is 11.5 Å². The largest absolute Gasteiger partial charge is 0.506 e. The molecule has 3 N–H and O–H groups in total. The highest BCUT2D eigenvalue weighted by Gasteiger charge is 2.25. The van der Waals surface area contributed by atoms with Crippen LogP contribution in [-0.4, -0.2) is 11.9 Å². The zero-order valence-corrected chi connectivity index (χ0v) is 8.34. The lowest BCUT2D eigenvalue weighted by Gasteiger charge is -2.12. The molecular formula is C9H10ClNO3. The van der Waals surface area contributed by atoms with Crippen LogP contribution in [0.25, 0.3) is 0 Å². The van der Waals surface area contributed by atoms with Crippen molar-refractivity contribution in [3.05, 3.63) is 16.7 Å². The van der Waals surface area contributed by atoms with E-state index in [0.717, 1.165) is 0 Å². The molecule has 0 aromatic heterocycles. The van der Waals surface area contributed by atoms with E-state index in [-0.39, 0.29) is 23.6 Å². The van der Waals surface area contributed by atoms with E-state index in [4.69, 9.17) is 26.8 Å². The van der Waals surface area contributed by atoms with Crippen molar-refractivity contribution >= 4 is 11.6 Å². The second-order valence-electron chi connectivity index (χ2n) is 3.14. The predicted octanol–water partition coefficient (Wildman–Crippen LogP) is 1.79. The maximum Gasteiger partial charge on any atom is 0.231 e. The molecule has 1 unspecified atom stereocenters. The van der Waals surface area contributed by atoms with Crippen molar-refractivity contribution in [2.24, 2.45) is 5.73 Å². The number of hydrogen-bond acceptors (Lipinski definition) is 4. The molecule has 0 bridgehead atoms. The molecule has 1 aliphatic rings. The first-order valence-electron chi connectivity index (χ1n) is 4.17. The van der Waals surface area contributed by atoms with Crippen molar-refractivity contribution in [3.8, 4) is 17.2 Å². The monoisotopic (exact) mass is 215 g/mol. The van der Waals surface area contributed by atoms with Gasteiger partial charge < -0.3 is 20.3 Å². The van der Waals surface area contributed by atoms with Gasteiger partial charge in [0.05, 0.1) is 10.6 Å². The Morgan fingerprint density at radius 3 is 2.93 bits per heavy atom. The molecule has 2 rings (SSSR count). The molecule has 0 aliphatic carbocycles. The second kappa shape index (κ2) is 3.22. The number of halogens is 1. The zero-order chi connectivity index (χ0) is 10.3. The van der Waals surface area contributed by atoms with Gasteiger partial charge in [0, 0.05) is 12.1 Å². The summed E-state index contributed by atoms with van der Waals surface area (Å²) < 4.78 is 10.4. The van der Waals surface area contributed by atoms with Crippen molar-refractivity contribution in [2.45, 2.75) is 13.0 Å². The van der Waals surface area contributed by atoms with Gasteiger partial charge in [0.2, 0.25) is 6.79 Å². The van der Waals surface area contributed by atoms with Crippen LogP contribution in [0.1, 0.15) is 18.5 Å². The summed E-state index contributed by atoms with van der Waals surface area (Å²) in [4.78, 5) is 0. The van der Waals surface area contributed by atoms with Crippen LogP contribution in [0.5, 0.6) is 17.2 Å². The summed E-state index contributed by atoms with van der Waals surface area (Å²) in [6.07, 6.45) is 0. The first kappa shape index (κ1) is 9.43. The minimum absolute atomic E-state index is 0.0362. The van der Waals surface area contributed by atoms with Gasteiger partial charge in [-0.25, -0.2) is 0 Å². The summed E-state index contributed by atoms with van der Waals surface area (Å²) in [5.74, 6) is 0.980. The van der Waals surface area contributed by atoms with E-state index in [1.165, 1.54) is 6.07 Å². The van der Waals surface area contributed by atoms with Crippen LogP contribution in [0.4, 0.5) is 0 Å². The van der Waals surface area contributed by atoms with E-state index >= 15 is 0 Å². The highest BCUT2D eigenvalue weighted by atomic mass is 35.5. The molecule has 0 saturated carbocycles. The van der Waals surface area contributed by atoms with Crippen molar-refractivity contribution in [3.63, 3.8) is 0 Å². The number of aromatic hydroxyl groups is 1. The summed E-state index contributed by atoms with van der Waals surface area (Å²) in [5.41, 5.74) is 6.19. The summed E-state index contributed by atoms with van der Waals surface area (Å²) in [5, 5.41) is 9.91. The van der Waals surface area contributed by atoms with Crippen LogP contribution in [0.3, 0.4) is 0 Å². The minimum atomic E-state index is -0.357. The maximum absolute atomic E-state index is 9.68. The fourth-order valence-electron chi connectivity index (χ4n) is 1.45. The molecule has 1 atom stereocenters. The Bertz CT molecular complexity index is 379. The second-order valence-corrected chi connectivity index (χ2v) is 3.55. The van der Waals surface area contributed by atoms with E-state index < -0.39 is 0 Å². The molecule has 1 aromatic carbocycles. The lowest BCUT2D eigenvalue weighted by molar-refractivity contribution is 0.173. The Morgan fingerprint density at radius 1 is 1.57 bits per heavy atom. The van der Waals surface area contributed by atoms with Crippen LogP contribution in [0, 0.1) is 0 Å². The van der Waals surface area contributed by atoms with Gasteiger partial charge in [-0.1, -0.05) is 11.6 Å². The fraction of sp³-hybridized carbons (Fsp3) is 0.333. The molecule has 0 radical (unpaired) electrons. The number of fused-ring (bicyclic) bond motifs is 1. The lowest BCUT2D eigenvalue weighted by Crippen LogP contribution is -2.06. The molecular weight excluding hydrogens is 206 g/mol. The summed E-state index contributed by atoms with van der Waals surface area (Å²) >= 11 is 5.80. The van der Waals surface area contributed by atoms with Gasteiger partial charge in [0.1, 0.15) is 5.75 Å². The van der Waals surface area contributed by atoms with E-state index in [1.807, 2.05) is 0 Å². The number of ether oxygens (including phenoxy) is 2. The molecule has 1 heterocycles. The van der Waals surface area contributed by atoms with Crippen LogP contribution in [0.2, 0.25) is 5.02 Å². The Kier molecular flexibility index (Phi) is 2.17. The molecule has 4 nitrogen and oxygen atoms in total. The Morgan fingerprint density at radius 2 is 2.29 bits per heavy atom. The van der Waals surface area contributed by atoms with Crippen LogP contribution < -0.4 is 15.2 Å². The molecule has 14 heavy (non-hydrogen) atoms. The molecule has 76 valence electrons. The third-order valence-corrected chi connectivity index (χ3v) is 2.37. The number of phenols is 1. The van der Waals surface area contributed by atoms with E-state index in [9.17, 15) is 5.11 Å². The molecule has 0 amide bonds. The molecule has 0 saturated heterocycles. The van der Waals surface area contributed by atoms with Gasteiger partial charge in [-0.2, -0.15) is 0 Å². The molecule has 1 aromatic rings. The molecule has 1 aliphatic heterocycles. The molecule has 0 fully saturated rings. The fourth-order valence-corrected chi connectivity index (χ4v) is 1.65. The summed E-state index contributed by atoms with van der Waals surface area (Å²) in [7, 11) is 0. The van der Waals surface area contributed by atoms with E-state index in [0.29, 0.717) is 17.1 Å². The topological polar surface area (TPSA) is 64.7 Å². The number of hydrogen-bond donors (Lipinski definition) is 2. The normalized spacial score (nSPS) is 15.6. The highest BCUT2D eigenvalue weighted by Crippen LogP contribution is 2.46. The SMILES string of the molecule is CC(N)c1c(O)c(Cl)cc2c1OCO2. The van der Waals surface area contributed by atoms with Crippen LogP contribution >= 0.6 is 11.6 Å². The Balaban J connectivity index is 2.66. The van der Waals surface area contributed by atoms with Crippen molar-refractivity contribution in [1.82, 2.24) is 0 Å². The van der Waals surface area contributed by atoms with Crippen molar-refractivity contribution in [2.75, 3.05) is 6.79 Å².